The molecule has 0 aromatic heterocycles. The lowest BCUT2D eigenvalue weighted by atomic mass is 9.95. The van der Waals surface area contributed by atoms with Gasteiger partial charge in [0.15, 0.2) is 5.96 Å². The molecule has 4 rings (SSSR count). The molecular formula is C25H38N3O5P. The van der Waals surface area contributed by atoms with E-state index in [1.165, 1.54) is 75.0 Å². The molecule has 34 heavy (non-hydrogen) atoms. The van der Waals surface area contributed by atoms with Crippen molar-refractivity contribution in [1.29, 1.82) is 0 Å². The van der Waals surface area contributed by atoms with Crippen LogP contribution in [0, 0.1) is 0 Å². The highest BCUT2D eigenvalue weighted by molar-refractivity contribution is 7.45. The summed E-state index contributed by atoms with van der Waals surface area (Å²) >= 11 is 0. The molecule has 2 aliphatic carbocycles. The van der Waals surface area contributed by atoms with E-state index < -0.39 is 7.82 Å². The largest absolute Gasteiger partial charge is 0.492 e. The molecule has 2 aromatic rings. The molecule has 0 unspecified atom stereocenters. The first-order valence-corrected chi connectivity index (χ1v) is 13.9. The van der Waals surface area contributed by atoms with Gasteiger partial charge < -0.3 is 30.1 Å². The molecule has 188 valence electrons. The van der Waals surface area contributed by atoms with E-state index in [9.17, 15) is 0 Å². The number of benzene rings is 2. The zero-order chi connectivity index (χ0) is 24.2. The van der Waals surface area contributed by atoms with Gasteiger partial charge in [-0.15, -0.1) is 0 Å². The van der Waals surface area contributed by atoms with Crippen molar-refractivity contribution in [2.75, 3.05) is 13.2 Å². The first-order valence-electron chi connectivity index (χ1n) is 12.3. The fourth-order valence-electron chi connectivity index (χ4n) is 4.56. The second kappa shape index (κ2) is 13.7. The van der Waals surface area contributed by atoms with Gasteiger partial charge >= 0.3 is 7.82 Å². The summed E-state index contributed by atoms with van der Waals surface area (Å²) < 4.78 is 14.9. The molecule has 0 saturated heterocycles. The van der Waals surface area contributed by atoms with Crippen LogP contribution in [0.5, 0.6) is 5.75 Å². The lowest BCUT2D eigenvalue weighted by Gasteiger charge is -2.27. The van der Waals surface area contributed by atoms with Crippen LogP contribution in [0.2, 0.25) is 0 Å². The molecule has 0 bridgehead atoms. The fourth-order valence-corrected chi connectivity index (χ4v) is 4.56. The summed E-state index contributed by atoms with van der Waals surface area (Å²) in [4.78, 5) is 26.6. The summed E-state index contributed by atoms with van der Waals surface area (Å²) in [6.07, 6.45) is 13.0. The van der Waals surface area contributed by atoms with Gasteiger partial charge in [-0.2, -0.15) is 0 Å². The normalized spacial score (nSPS) is 18.1. The third-order valence-electron chi connectivity index (χ3n) is 6.22. The first kappa shape index (κ1) is 26.5. The van der Waals surface area contributed by atoms with E-state index in [2.05, 4.69) is 53.1 Å². The average molecular weight is 492 g/mol. The number of rotatable bonds is 6. The highest BCUT2D eigenvalue weighted by Crippen LogP contribution is 2.26. The highest BCUT2D eigenvalue weighted by Gasteiger charge is 2.17. The standard InChI is InChI=1S/C25H35N3O.H3O4P/c1-3-11-22(12-4-1)27-25(28-23-13-5-2-6-14-23)26-17-18-29-24-16-15-20-9-7-8-10-21(20)19-24;1-5(2,3)4/h7-10,15-16,19,22-23H,1-6,11-14,17-18H2,(H2,26,27,28);(H3,1,2,3,4). The maximum atomic E-state index is 8.88. The van der Waals surface area contributed by atoms with E-state index in [0.717, 1.165) is 18.3 Å². The summed E-state index contributed by atoms with van der Waals surface area (Å²) in [7, 11) is -4.64. The molecule has 5 N–H and O–H groups in total. The number of hydrogen-bond donors (Lipinski definition) is 5. The van der Waals surface area contributed by atoms with Crippen molar-refractivity contribution >= 4 is 24.6 Å². The quantitative estimate of drug-likeness (QED) is 0.175. The van der Waals surface area contributed by atoms with Gasteiger partial charge in [0, 0.05) is 6.04 Å². The Kier molecular flexibility index (Phi) is 10.7. The van der Waals surface area contributed by atoms with E-state index in [1.54, 1.807) is 0 Å². The summed E-state index contributed by atoms with van der Waals surface area (Å²) in [5, 5.41) is 9.71. The van der Waals surface area contributed by atoms with E-state index >= 15 is 0 Å². The number of nitrogens with one attached hydrogen (secondary N) is 2. The minimum atomic E-state index is -4.64. The summed E-state index contributed by atoms with van der Waals surface area (Å²) in [5.74, 6) is 1.92. The van der Waals surface area contributed by atoms with Crippen LogP contribution >= 0.6 is 7.82 Å². The number of phosphoric acid groups is 1. The van der Waals surface area contributed by atoms with Crippen LogP contribution in [0.25, 0.3) is 10.8 Å². The third kappa shape index (κ3) is 10.4. The Labute approximate surface area is 202 Å². The zero-order valence-electron chi connectivity index (χ0n) is 19.7. The molecule has 2 aromatic carbocycles. The first-order chi connectivity index (χ1) is 16.4. The second-order valence-corrected chi connectivity index (χ2v) is 10.1. The second-order valence-electron chi connectivity index (χ2n) is 9.05. The van der Waals surface area contributed by atoms with E-state index in [4.69, 9.17) is 29.0 Å². The van der Waals surface area contributed by atoms with Gasteiger partial charge in [-0.05, 0) is 48.6 Å². The fraction of sp³-hybridized carbons (Fsp3) is 0.560. The zero-order valence-corrected chi connectivity index (χ0v) is 20.6. The van der Waals surface area contributed by atoms with Crippen LogP contribution in [-0.4, -0.2) is 45.9 Å². The minimum Gasteiger partial charge on any atom is -0.492 e. The number of hydrogen-bond acceptors (Lipinski definition) is 3. The van der Waals surface area contributed by atoms with Crippen LogP contribution in [-0.2, 0) is 4.57 Å². The lowest BCUT2D eigenvalue weighted by Crippen LogP contribution is -2.46. The topological polar surface area (TPSA) is 123 Å². The monoisotopic (exact) mass is 491 g/mol. The van der Waals surface area contributed by atoms with Crippen molar-refractivity contribution in [3.63, 3.8) is 0 Å². The SMILES string of the molecule is O=P(O)(O)O.c1ccc2cc(OCCN/C(=N\C3CCCCC3)NC3CCCCC3)ccc2c1. The molecule has 0 radical (unpaired) electrons. The molecule has 2 fully saturated rings. The molecule has 0 heterocycles. The van der Waals surface area contributed by atoms with Crippen LogP contribution in [0.3, 0.4) is 0 Å². The van der Waals surface area contributed by atoms with Gasteiger partial charge in [0.25, 0.3) is 0 Å². The summed E-state index contributed by atoms with van der Waals surface area (Å²) in [5.41, 5.74) is 0. The maximum absolute atomic E-state index is 8.88. The molecule has 2 aliphatic rings. The third-order valence-corrected chi connectivity index (χ3v) is 6.22. The Morgan fingerprint density at radius 3 is 2.21 bits per heavy atom. The molecule has 9 heteroatoms. The van der Waals surface area contributed by atoms with Crippen molar-refractivity contribution in [2.24, 2.45) is 4.99 Å². The van der Waals surface area contributed by atoms with Crippen LogP contribution in [0.1, 0.15) is 64.2 Å². The van der Waals surface area contributed by atoms with Crippen molar-refractivity contribution in [1.82, 2.24) is 10.6 Å². The minimum absolute atomic E-state index is 0.476. The lowest BCUT2D eigenvalue weighted by molar-refractivity contribution is 0.275. The molecule has 8 nitrogen and oxygen atoms in total. The van der Waals surface area contributed by atoms with Crippen LogP contribution < -0.4 is 15.4 Å². The summed E-state index contributed by atoms with van der Waals surface area (Å²) in [6, 6.07) is 15.7. The number of guanidine groups is 1. The van der Waals surface area contributed by atoms with Crippen LogP contribution in [0.4, 0.5) is 0 Å². The van der Waals surface area contributed by atoms with Crippen molar-refractivity contribution < 1.29 is 24.0 Å². The maximum Gasteiger partial charge on any atom is 0.466 e. The number of nitrogens with zero attached hydrogens (tertiary/aromatic N) is 1. The molecule has 0 spiro atoms. The van der Waals surface area contributed by atoms with Gasteiger partial charge in [-0.25, -0.2) is 9.56 Å². The molecule has 0 amide bonds. The Morgan fingerprint density at radius 1 is 0.912 bits per heavy atom. The highest BCUT2D eigenvalue weighted by atomic mass is 31.2. The van der Waals surface area contributed by atoms with Crippen molar-refractivity contribution in [3.05, 3.63) is 42.5 Å². The van der Waals surface area contributed by atoms with Gasteiger partial charge in [0.05, 0.1) is 12.6 Å². The van der Waals surface area contributed by atoms with Gasteiger partial charge in [-0.1, -0.05) is 68.9 Å². The molecule has 0 aliphatic heterocycles. The van der Waals surface area contributed by atoms with Gasteiger partial charge in [-0.3, -0.25) is 0 Å². The Hall–Kier alpha value is -2.12. The van der Waals surface area contributed by atoms with Gasteiger partial charge in [0.1, 0.15) is 12.4 Å². The van der Waals surface area contributed by atoms with Crippen molar-refractivity contribution in [2.45, 2.75) is 76.3 Å². The number of fused-ring (bicyclic) bond motifs is 1. The van der Waals surface area contributed by atoms with E-state index in [-0.39, 0.29) is 0 Å². The predicted molar refractivity (Wildman–Crippen MR) is 136 cm³/mol. The molecule has 0 atom stereocenters. The van der Waals surface area contributed by atoms with E-state index in [1.807, 2.05) is 0 Å². The number of ether oxygens (including phenoxy) is 1. The van der Waals surface area contributed by atoms with Crippen molar-refractivity contribution in [3.8, 4) is 5.75 Å². The van der Waals surface area contributed by atoms with Gasteiger partial charge in [0.2, 0.25) is 0 Å². The molecule has 2 saturated carbocycles. The average Bonchev–Trinajstić information content (AvgIpc) is 2.82. The smallest absolute Gasteiger partial charge is 0.466 e. The van der Waals surface area contributed by atoms with E-state index in [0.29, 0.717) is 18.7 Å². The Bertz CT molecular complexity index is 944. The van der Waals surface area contributed by atoms with Crippen LogP contribution in [0.15, 0.2) is 47.5 Å². The molecular weight excluding hydrogens is 453 g/mol. The number of aliphatic imine (C=N–C) groups is 1. The Balaban J connectivity index is 0.000000588. The predicted octanol–water partition coefficient (Wildman–Crippen LogP) is 4.49. The Morgan fingerprint density at radius 2 is 1.53 bits per heavy atom. The summed E-state index contributed by atoms with van der Waals surface area (Å²) in [6.45, 7) is 1.40.